The van der Waals surface area contributed by atoms with Gasteiger partial charge in [0.05, 0.1) is 0 Å². The molecule has 0 fully saturated rings. The first-order valence-corrected chi connectivity index (χ1v) is 10.1. The number of aldehydes is 2. The van der Waals surface area contributed by atoms with Crippen molar-refractivity contribution in [3.63, 3.8) is 0 Å². The van der Waals surface area contributed by atoms with E-state index in [0.717, 1.165) is 12.6 Å². The predicted molar refractivity (Wildman–Crippen MR) is 124 cm³/mol. The number of methoxy groups -OCH3 is 2. The maximum atomic E-state index is 11.8. The summed E-state index contributed by atoms with van der Waals surface area (Å²) in [5, 5.41) is 2.62. The van der Waals surface area contributed by atoms with Crippen LogP contribution in [0.3, 0.4) is 0 Å². The van der Waals surface area contributed by atoms with Crippen molar-refractivity contribution in [2.45, 2.75) is 0 Å². The monoisotopic (exact) mass is 446 g/mol. The van der Waals surface area contributed by atoms with Gasteiger partial charge in [-0.3, -0.25) is 9.59 Å². The predicted octanol–water partition coefficient (Wildman–Crippen LogP) is 5.38. The topological polar surface area (TPSA) is 80.3 Å². The van der Waals surface area contributed by atoms with Gasteiger partial charge in [-0.05, 0) is 36.4 Å². The van der Waals surface area contributed by atoms with Crippen LogP contribution in [0.25, 0.3) is 21.5 Å². The minimum Gasteiger partial charge on any atom is -0.467 e. The highest BCUT2D eigenvalue weighted by Gasteiger charge is 2.16. The lowest BCUT2D eigenvalue weighted by atomic mass is 10.0. The fraction of sp³-hybridized carbons (Fsp3) is 0.154. The SMILES string of the molecule is COCOc1ccc(C=O)c2c(Oc3ccc(C=O)c4c(OCOC)cccc34)cccc12. The van der Waals surface area contributed by atoms with Crippen molar-refractivity contribution >= 4 is 34.1 Å². The van der Waals surface area contributed by atoms with Crippen molar-refractivity contribution in [1.82, 2.24) is 0 Å². The number of rotatable bonds is 10. The van der Waals surface area contributed by atoms with Crippen LogP contribution in [0.15, 0.2) is 60.7 Å². The summed E-state index contributed by atoms with van der Waals surface area (Å²) >= 11 is 0. The zero-order valence-electron chi connectivity index (χ0n) is 18.2. The molecule has 7 nitrogen and oxygen atoms in total. The fourth-order valence-electron chi connectivity index (χ4n) is 3.73. The summed E-state index contributed by atoms with van der Waals surface area (Å²) in [6, 6.07) is 17.7. The average molecular weight is 446 g/mol. The number of carbonyl (C=O) groups is 2. The van der Waals surface area contributed by atoms with Crippen LogP contribution in [0.5, 0.6) is 23.0 Å². The summed E-state index contributed by atoms with van der Waals surface area (Å²) in [7, 11) is 3.06. The first-order chi connectivity index (χ1) is 16.2. The molecule has 4 aromatic carbocycles. The first-order valence-electron chi connectivity index (χ1n) is 10.1. The molecule has 7 heteroatoms. The zero-order chi connectivity index (χ0) is 23.2. The number of ether oxygens (including phenoxy) is 5. The van der Waals surface area contributed by atoms with Gasteiger partial charge >= 0.3 is 0 Å². The summed E-state index contributed by atoms with van der Waals surface area (Å²) < 4.78 is 27.7. The van der Waals surface area contributed by atoms with Gasteiger partial charge in [-0.1, -0.05) is 24.3 Å². The molecule has 0 aromatic heterocycles. The summed E-state index contributed by atoms with van der Waals surface area (Å²) in [5.41, 5.74) is 0.925. The summed E-state index contributed by atoms with van der Waals surface area (Å²) in [6.45, 7) is 0.113. The maximum Gasteiger partial charge on any atom is 0.188 e. The molecule has 0 aliphatic carbocycles. The molecule has 4 rings (SSSR count). The largest absolute Gasteiger partial charge is 0.467 e. The van der Waals surface area contributed by atoms with Crippen LogP contribution in [-0.2, 0) is 9.47 Å². The van der Waals surface area contributed by atoms with E-state index in [9.17, 15) is 9.59 Å². The number of fused-ring (bicyclic) bond motifs is 2. The molecule has 0 saturated heterocycles. The molecule has 0 heterocycles. The van der Waals surface area contributed by atoms with E-state index < -0.39 is 0 Å². The Morgan fingerprint density at radius 2 is 1.12 bits per heavy atom. The van der Waals surface area contributed by atoms with E-state index in [0.29, 0.717) is 55.7 Å². The Bertz CT molecular complexity index is 1310. The van der Waals surface area contributed by atoms with Crippen LogP contribution in [0, 0.1) is 0 Å². The van der Waals surface area contributed by atoms with Crippen LogP contribution in [0.4, 0.5) is 0 Å². The lowest BCUT2D eigenvalue weighted by Crippen LogP contribution is -2.01. The molecule has 0 radical (unpaired) electrons. The highest BCUT2D eigenvalue weighted by atomic mass is 16.7. The second kappa shape index (κ2) is 10.1. The molecule has 33 heavy (non-hydrogen) atoms. The third kappa shape index (κ3) is 4.37. The van der Waals surface area contributed by atoms with Gasteiger partial charge in [-0.2, -0.15) is 0 Å². The highest BCUT2D eigenvalue weighted by molar-refractivity contribution is 6.06. The minimum atomic E-state index is 0.0404. The zero-order valence-corrected chi connectivity index (χ0v) is 18.2. The van der Waals surface area contributed by atoms with Gasteiger partial charge in [0.25, 0.3) is 0 Å². The third-order valence-electron chi connectivity index (χ3n) is 5.13. The van der Waals surface area contributed by atoms with Gasteiger partial charge in [0, 0.05) is 46.9 Å². The van der Waals surface area contributed by atoms with Gasteiger partial charge in [-0.25, -0.2) is 0 Å². The number of hydrogen-bond donors (Lipinski definition) is 0. The summed E-state index contributed by atoms with van der Waals surface area (Å²) in [4.78, 5) is 23.5. The second-order valence-corrected chi connectivity index (χ2v) is 7.10. The molecule has 0 spiro atoms. The lowest BCUT2D eigenvalue weighted by Gasteiger charge is -2.16. The van der Waals surface area contributed by atoms with E-state index in [1.807, 2.05) is 24.3 Å². The van der Waals surface area contributed by atoms with Crippen molar-refractivity contribution in [3.05, 3.63) is 71.8 Å². The normalized spacial score (nSPS) is 10.8. The standard InChI is InChI=1S/C26H22O7/c1-29-15-31-21-11-9-18(14-28)26-19(21)5-4-8-24(26)33-22-12-10-17(13-27)25-20(22)6-3-7-23(25)32-16-30-2/h3-14H,15-16H2,1-2H3. The summed E-state index contributed by atoms with van der Waals surface area (Å²) in [6.07, 6.45) is 1.55. The molecule has 0 N–H and O–H groups in total. The molecule has 0 saturated carbocycles. The maximum absolute atomic E-state index is 11.8. The van der Waals surface area contributed by atoms with Gasteiger partial charge in [-0.15, -0.1) is 0 Å². The average Bonchev–Trinajstić information content (AvgIpc) is 2.86. The van der Waals surface area contributed by atoms with Crippen molar-refractivity contribution in [1.29, 1.82) is 0 Å². The Morgan fingerprint density at radius 1 is 0.606 bits per heavy atom. The molecule has 0 unspecified atom stereocenters. The van der Waals surface area contributed by atoms with Crippen LogP contribution < -0.4 is 14.2 Å². The van der Waals surface area contributed by atoms with E-state index in [2.05, 4.69) is 0 Å². The highest BCUT2D eigenvalue weighted by Crippen LogP contribution is 2.40. The molecule has 4 aromatic rings. The van der Waals surface area contributed by atoms with Crippen molar-refractivity contribution < 1.29 is 33.3 Å². The van der Waals surface area contributed by atoms with E-state index in [1.54, 1.807) is 36.4 Å². The van der Waals surface area contributed by atoms with Crippen LogP contribution in [0.1, 0.15) is 20.7 Å². The van der Waals surface area contributed by atoms with Crippen molar-refractivity contribution in [2.75, 3.05) is 27.8 Å². The number of benzene rings is 4. The van der Waals surface area contributed by atoms with Gasteiger partial charge in [0.2, 0.25) is 0 Å². The van der Waals surface area contributed by atoms with Crippen molar-refractivity contribution in [2.24, 2.45) is 0 Å². The van der Waals surface area contributed by atoms with Crippen molar-refractivity contribution in [3.8, 4) is 23.0 Å². The molecular weight excluding hydrogens is 424 g/mol. The smallest absolute Gasteiger partial charge is 0.188 e. The van der Waals surface area contributed by atoms with E-state index >= 15 is 0 Å². The number of carbonyl (C=O) groups excluding carboxylic acids is 2. The van der Waals surface area contributed by atoms with Crippen LogP contribution in [0.2, 0.25) is 0 Å². The molecule has 168 valence electrons. The van der Waals surface area contributed by atoms with E-state index in [1.165, 1.54) is 14.2 Å². The van der Waals surface area contributed by atoms with Gasteiger partial charge < -0.3 is 23.7 Å². The third-order valence-corrected chi connectivity index (χ3v) is 5.13. The minimum absolute atomic E-state index is 0.0404. The second-order valence-electron chi connectivity index (χ2n) is 7.10. The van der Waals surface area contributed by atoms with E-state index in [-0.39, 0.29) is 13.6 Å². The molecule has 0 aliphatic rings. The fourth-order valence-corrected chi connectivity index (χ4v) is 3.73. The van der Waals surface area contributed by atoms with Gasteiger partial charge in [0.1, 0.15) is 23.0 Å². The Balaban J connectivity index is 1.87. The molecule has 0 aliphatic heterocycles. The molecule has 0 bridgehead atoms. The number of hydrogen-bond acceptors (Lipinski definition) is 7. The molecule has 0 amide bonds. The quantitative estimate of drug-likeness (QED) is 0.239. The lowest BCUT2D eigenvalue weighted by molar-refractivity contribution is 0.0520. The Hall–Kier alpha value is -3.94. The summed E-state index contributed by atoms with van der Waals surface area (Å²) in [5.74, 6) is 2.05. The Labute approximate surface area is 190 Å². The Kier molecular flexibility index (Phi) is 6.83. The van der Waals surface area contributed by atoms with Gasteiger partial charge in [0.15, 0.2) is 26.2 Å². The first kappa shape index (κ1) is 22.3. The molecular formula is C26H22O7. The Morgan fingerprint density at radius 3 is 1.73 bits per heavy atom. The molecule has 0 atom stereocenters. The van der Waals surface area contributed by atoms with E-state index in [4.69, 9.17) is 23.7 Å². The van der Waals surface area contributed by atoms with Crippen LogP contribution >= 0.6 is 0 Å². The van der Waals surface area contributed by atoms with Crippen LogP contribution in [-0.4, -0.2) is 40.4 Å².